The molecule has 4 aromatic rings. The van der Waals surface area contributed by atoms with Crippen LogP contribution in [-0.4, -0.2) is 25.5 Å². The van der Waals surface area contributed by atoms with Crippen LogP contribution in [0.5, 0.6) is 5.75 Å². The molecule has 0 aliphatic heterocycles. The molecule has 2 aromatic heterocycles. The van der Waals surface area contributed by atoms with Crippen molar-refractivity contribution in [3.05, 3.63) is 94.6 Å². The summed E-state index contributed by atoms with van der Waals surface area (Å²) in [5.74, 6) is 0.478. The molecule has 0 bridgehead atoms. The van der Waals surface area contributed by atoms with E-state index in [1.54, 1.807) is 16.9 Å². The second-order valence-corrected chi connectivity index (χ2v) is 9.87. The molecule has 0 fully saturated rings. The van der Waals surface area contributed by atoms with E-state index in [9.17, 15) is 4.79 Å². The minimum atomic E-state index is -0.278. The topological polar surface area (TPSA) is 74.0 Å². The number of amides is 1. The van der Waals surface area contributed by atoms with Gasteiger partial charge in [-0.15, -0.1) is 0 Å². The second kappa shape index (κ2) is 9.78. The van der Waals surface area contributed by atoms with E-state index in [0.29, 0.717) is 17.9 Å². The van der Waals surface area contributed by atoms with Crippen molar-refractivity contribution >= 4 is 11.6 Å². The molecule has 2 heterocycles. The van der Waals surface area contributed by atoms with Gasteiger partial charge in [0.05, 0.1) is 23.6 Å². The fourth-order valence-corrected chi connectivity index (χ4v) is 3.90. The molecule has 0 saturated carbocycles. The number of anilines is 1. The summed E-state index contributed by atoms with van der Waals surface area (Å²) >= 11 is 0. The fourth-order valence-electron chi connectivity index (χ4n) is 3.90. The number of nitrogens with one attached hydrogen (secondary N) is 1. The van der Waals surface area contributed by atoms with Crippen molar-refractivity contribution in [3.63, 3.8) is 0 Å². The van der Waals surface area contributed by atoms with Crippen LogP contribution in [0.1, 0.15) is 59.3 Å². The molecule has 7 heteroatoms. The van der Waals surface area contributed by atoms with Gasteiger partial charge in [0.25, 0.3) is 5.91 Å². The molecule has 0 radical (unpaired) electrons. The molecule has 1 N–H and O–H groups in total. The fraction of sp³-hybridized carbons (Fsp3) is 0.321. The molecule has 0 saturated heterocycles. The molecule has 35 heavy (non-hydrogen) atoms. The predicted molar refractivity (Wildman–Crippen MR) is 138 cm³/mol. The van der Waals surface area contributed by atoms with Crippen LogP contribution in [0.2, 0.25) is 0 Å². The van der Waals surface area contributed by atoms with Crippen molar-refractivity contribution < 1.29 is 9.53 Å². The van der Waals surface area contributed by atoms with Crippen LogP contribution in [0, 0.1) is 20.8 Å². The standard InChI is InChI=1S/C28H33N5O2/c1-19-9-7-8-10-22(19)17-33-21(3)26(20(2)30-33)29-27(34)25-15-16-32(31-25)18-35-24-13-11-23(12-14-24)28(4,5)6/h7-16H,17-18H2,1-6H3,(H,29,34). The van der Waals surface area contributed by atoms with Gasteiger partial charge >= 0.3 is 0 Å². The molecule has 0 aliphatic carbocycles. The smallest absolute Gasteiger partial charge is 0.276 e. The highest BCUT2D eigenvalue weighted by Crippen LogP contribution is 2.25. The van der Waals surface area contributed by atoms with Crippen LogP contribution in [0.3, 0.4) is 0 Å². The van der Waals surface area contributed by atoms with E-state index >= 15 is 0 Å². The van der Waals surface area contributed by atoms with Crippen LogP contribution in [0.15, 0.2) is 60.8 Å². The van der Waals surface area contributed by atoms with Crippen LogP contribution < -0.4 is 10.1 Å². The largest absolute Gasteiger partial charge is 0.471 e. The van der Waals surface area contributed by atoms with E-state index in [1.165, 1.54) is 16.7 Å². The van der Waals surface area contributed by atoms with Crippen LogP contribution in [0.4, 0.5) is 5.69 Å². The zero-order valence-electron chi connectivity index (χ0n) is 21.3. The Morgan fingerprint density at radius 1 is 0.971 bits per heavy atom. The van der Waals surface area contributed by atoms with Gasteiger partial charge in [-0.05, 0) is 61.1 Å². The molecule has 7 nitrogen and oxygen atoms in total. The number of rotatable bonds is 7. The van der Waals surface area contributed by atoms with Crippen LogP contribution in [0.25, 0.3) is 0 Å². The molecule has 4 rings (SSSR count). The summed E-state index contributed by atoms with van der Waals surface area (Å²) in [5, 5.41) is 12.0. The number of benzene rings is 2. The van der Waals surface area contributed by atoms with Gasteiger partial charge in [-0.2, -0.15) is 10.2 Å². The van der Waals surface area contributed by atoms with Gasteiger partial charge in [-0.3, -0.25) is 9.48 Å². The van der Waals surface area contributed by atoms with Gasteiger partial charge in [0.2, 0.25) is 0 Å². The normalized spacial score (nSPS) is 11.5. The van der Waals surface area contributed by atoms with Crippen LogP contribution >= 0.6 is 0 Å². The Morgan fingerprint density at radius 3 is 2.37 bits per heavy atom. The zero-order valence-corrected chi connectivity index (χ0v) is 21.3. The van der Waals surface area contributed by atoms with E-state index < -0.39 is 0 Å². The maximum absolute atomic E-state index is 12.9. The Hall–Kier alpha value is -3.87. The average molecular weight is 472 g/mol. The van der Waals surface area contributed by atoms with Gasteiger partial charge < -0.3 is 10.1 Å². The van der Waals surface area contributed by atoms with Gasteiger partial charge in [0.1, 0.15) is 5.75 Å². The van der Waals surface area contributed by atoms with Gasteiger partial charge in [-0.1, -0.05) is 57.2 Å². The molecule has 2 aromatic carbocycles. The Kier molecular flexibility index (Phi) is 6.78. The highest BCUT2D eigenvalue weighted by Gasteiger charge is 2.18. The first-order valence-corrected chi connectivity index (χ1v) is 11.8. The second-order valence-electron chi connectivity index (χ2n) is 9.87. The summed E-state index contributed by atoms with van der Waals surface area (Å²) in [6.07, 6.45) is 1.74. The first-order chi connectivity index (χ1) is 16.6. The van der Waals surface area contributed by atoms with E-state index in [-0.39, 0.29) is 18.1 Å². The summed E-state index contributed by atoms with van der Waals surface area (Å²) in [6, 6.07) is 18.0. The SMILES string of the molecule is Cc1ccccc1Cn1nc(C)c(NC(=O)c2ccn(COc3ccc(C(C)(C)C)cc3)n2)c1C. The third kappa shape index (κ3) is 5.62. The first-order valence-electron chi connectivity index (χ1n) is 11.8. The average Bonchev–Trinajstić information content (AvgIpc) is 3.39. The Bertz CT molecular complexity index is 1330. The minimum Gasteiger partial charge on any atom is -0.471 e. The minimum absolute atomic E-state index is 0.0937. The quantitative estimate of drug-likeness (QED) is 0.379. The lowest BCUT2D eigenvalue weighted by Gasteiger charge is -2.19. The van der Waals surface area contributed by atoms with Crippen molar-refractivity contribution in [2.45, 2.75) is 60.2 Å². The number of aromatic nitrogens is 4. The number of hydrogen-bond donors (Lipinski definition) is 1. The highest BCUT2D eigenvalue weighted by molar-refractivity contribution is 6.03. The summed E-state index contributed by atoms with van der Waals surface area (Å²) in [5.41, 5.74) is 6.46. The molecule has 182 valence electrons. The lowest BCUT2D eigenvalue weighted by atomic mass is 9.87. The molecular weight excluding hydrogens is 438 g/mol. The van der Waals surface area contributed by atoms with Crippen molar-refractivity contribution in [2.75, 3.05) is 5.32 Å². The third-order valence-electron chi connectivity index (χ3n) is 6.16. The third-order valence-corrected chi connectivity index (χ3v) is 6.16. The summed E-state index contributed by atoms with van der Waals surface area (Å²) in [7, 11) is 0. The number of nitrogens with zero attached hydrogens (tertiary/aromatic N) is 4. The molecule has 0 unspecified atom stereocenters. The lowest BCUT2D eigenvalue weighted by molar-refractivity contribution is 0.102. The maximum Gasteiger partial charge on any atom is 0.276 e. The van der Waals surface area contributed by atoms with Crippen LogP contribution in [-0.2, 0) is 18.7 Å². The molecule has 0 aliphatic rings. The number of hydrogen-bond acceptors (Lipinski definition) is 4. The van der Waals surface area contributed by atoms with E-state index in [1.807, 2.05) is 42.8 Å². The van der Waals surface area contributed by atoms with E-state index in [4.69, 9.17) is 4.74 Å². The summed E-state index contributed by atoms with van der Waals surface area (Å²) < 4.78 is 9.36. The van der Waals surface area contributed by atoms with Gasteiger partial charge in [0.15, 0.2) is 12.4 Å². The molecule has 0 spiro atoms. The predicted octanol–water partition coefficient (Wildman–Crippen LogP) is 5.64. The maximum atomic E-state index is 12.9. The number of aryl methyl sites for hydroxylation is 2. The van der Waals surface area contributed by atoms with E-state index in [2.05, 4.69) is 67.5 Å². The number of ether oxygens (including phenoxy) is 1. The molecular formula is C28H33N5O2. The first kappa shape index (κ1) is 24.3. The van der Waals surface area contributed by atoms with Crippen molar-refractivity contribution in [2.24, 2.45) is 0 Å². The Labute approximate surface area is 206 Å². The van der Waals surface area contributed by atoms with Crippen molar-refractivity contribution in [1.82, 2.24) is 19.6 Å². The number of carbonyl (C=O) groups excluding carboxylic acids is 1. The molecule has 1 amide bonds. The Morgan fingerprint density at radius 2 is 1.69 bits per heavy atom. The van der Waals surface area contributed by atoms with Crippen molar-refractivity contribution in [1.29, 1.82) is 0 Å². The summed E-state index contributed by atoms with van der Waals surface area (Å²) in [4.78, 5) is 12.9. The monoisotopic (exact) mass is 471 g/mol. The van der Waals surface area contributed by atoms with Gasteiger partial charge in [-0.25, -0.2) is 4.68 Å². The lowest BCUT2D eigenvalue weighted by Crippen LogP contribution is -2.15. The van der Waals surface area contributed by atoms with Gasteiger partial charge in [0, 0.05) is 6.20 Å². The molecule has 0 atom stereocenters. The number of carbonyl (C=O) groups is 1. The van der Waals surface area contributed by atoms with E-state index in [0.717, 1.165) is 17.1 Å². The van der Waals surface area contributed by atoms with Crippen molar-refractivity contribution in [3.8, 4) is 5.75 Å². The Balaban J connectivity index is 1.39. The zero-order chi connectivity index (χ0) is 25.2. The highest BCUT2D eigenvalue weighted by atomic mass is 16.5. The summed E-state index contributed by atoms with van der Waals surface area (Å²) in [6.45, 7) is 13.4.